The first kappa shape index (κ1) is 27.1. The van der Waals surface area contributed by atoms with Crippen LogP contribution in [-0.4, -0.2) is 17.5 Å². The van der Waals surface area contributed by atoms with Gasteiger partial charge in [0, 0.05) is 0 Å². The van der Waals surface area contributed by atoms with Crippen molar-refractivity contribution in [2.75, 3.05) is 0 Å². The number of ether oxygens (including phenoxy) is 2. The van der Waals surface area contributed by atoms with Crippen LogP contribution in [0.15, 0.2) is 46.6 Å². The van der Waals surface area contributed by atoms with Gasteiger partial charge in [0.25, 0.3) is 0 Å². The molecule has 2 aliphatic carbocycles. The van der Waals surface area contributed by atoms with Gasteiger partial charge in [0.2, 0.25) is 0 Å². The minimum absolute atomic E-state index is 0.225. The van der Waals surface area contributed by atoms with Crippen LogP contribution in [0, 0.1) is 11.8 Å². The lowest BCUT2D eigenvalue weighted by atomic mass is 9.79. The second-order valence-electron chi connectivity index (χ2n) is 11.7. The molecule has 0 radical (unpaired) electrons. The van der Waals surface area contributed by atoms with E-state index in [0.29, 0.717) is 11.8 Å². The van der Waals surface area contributed by atoms with Crippen molar-refractivity contribution in [1.29, 1.82) is 0 Å². The molecular weight excluding hydrogens is 392 g/mol. The van der Waals surface area contributed by atoms with E-state index in [1.807, 2.05) is 0 Å². The van der Waals surface area contributed by atoms with Gasteiger partial charge in [0.15, 0.2) is 6.29 Å². The van der Waals surface area contributed by atoms with Gasteiger partial charge in [-0.1, -0.05) is 40.5 Å². The Hall–Kier alpha value is -1.12. The standard InChI is InChI=1S/C30H50O2/c1-22(2)11-10-12-25(5)21-28(31-29(6,7)26-17-13-23(3)14-18-26)32-30(8,9)27-19-15-24(4)16-20-27/h11,13,15,21,26-28H,10,12,14,16-20H2,1-9H3/b25-21+/t26-,27-/m1/s1. The fraction of sp³-hybridized carbons (Fsp3) is 0.733. The average Bonchev–Trinajstić information content (AvgIpc) is 2.67. The van der Waals surface area contributed by atoms with E-state index < -0.39 is 0 Å². The summed E-state index contributed by atoms with van der Waals surface area (Å²) >= 11 is 0. The highest BCUT2D eigenvalue weighted by Crippen LogP contribution is 2.38. The largest absolute Gasteiger partial charge is 0.343 e. The molecule has 32 heavy (non-hydrogen) atoms. The molecule has 2 nitrogen and oxygen atoms in total. The van der Waals surface area contributed by atoms with Crippen LogP contribution in [0.5, 0.6) is 0 Å². The van der Waals surface area contributed by atoms with E-state index >= 15 is 0 Å². The van der Waals surface area contributed by atoms with Gasteiger partial charge >= 0.3 is 0 Å². The van der Waals surface area contributed by atoms with E-state index in [-0.39, 0.29) is 17.5 Å². The third-order valence-corrected chi connectivity index (χ3v) is 7.59. The molecule has 2 rings (SSSR count). The van der Waals surface area contributed by atoms with Gasteiger partial charge in [0.05, 0.1) is 11.2 Å². The summed E-state index contributed by atoms with van der Waals surface area (Å²) in [5.74, 6) is 1.06. The highest BCUT2D eigenvalue weighted by Gasteiger charge is 2.38. The van der Waals surface area contributed by atoms with E-state index in [4.69, 9.17) is 9.47 Å². The smallest absolute Gasteiger partial charge is 0.178 e. The second-order valence-corrected chi connectivity index (χ2v) is 11.7. The molecule has 0 aromatic carbocycles. The van der Waals surface area contributed by atoms with Crippen molar-refractivity contribution < 1.29 is 9.47 Å². The zero-order chi connectivity index (χ0) is 23.9. The molecule has 0 unspecified atom stereocenters. The predicted octanol–water partition coefficient (Wildman–Crippen LogP) is 9.09. The van der Waals surface area contributed by atoms with Crippen LogP contribution in [0.4, 0.5) is 0 Å². The van der Waals surface area contributed by atoms with Crippen molar-refractivity contribution in [3.8, 4) is 0 Å². The molecule has 0 N–H and O–H groups in total. The average molecular weight is 443 g/mol. The van der Waals surface area contributed by atoms with Gasteiger partial charge in [-0.25, -0.2) is 0 Å². The quantitative estimate of drug-likeness (QED) is 0.248. The zero-order valence-electron chi connectivity index (χ0n) is 22.5. The lowest BCUT2D eigenvalue weighted by Gasteiger charge is -2.42. The maximum Gasteiger partial charge on any atom is 0.178 e. The normalized spacial score (nSPS) is 23.1. The van der Waals surface area contributed by atoms with Crippen molar-refractivity contribution in [2.24, 2.45) is 11.8 Å². The Balaban J connectivity index is 2.17. The zero-order valence-corrected chi connectivity index (χ0v) is 22.5. The van der Waals surface area contributed by atoms with Gasteiger partial charge < -0.3 is 9.47 Å². The van der Waals surface area contributed by atoms with E-state index in [0.717, 1.165) is 25.7 Å². The van der Waals surface area contributed by atoms with E-state index in [1.54, 1.807) is 0 Å². The Morgan fingerprint density at radius 3 is 1.75 bits per heavy atom. The molecule has 0 bridgehead atoms. The van der Waals surface area contributed by atoms with Crippen molar-refractivity contribution in [3.63, 3.8) is 0 Å². The van der Waals surface area contributed by atoms with Gasteiger partial charge in [-0.3, -0.25) is 0 Å². The highest BCUT2D eigenvalue weighted by molar-refractivity contribution is 5.08. The molecule has 0 saturated carbocycles. The summed E-state index contributed by atoms with van der Waals surface area (Å²) in [4.78, 5) is 0. The molecule has 2 heteroatoms. The van der Waals surface area contributed by atoms with E-state index in [1.165, 1.54) is 48.0 Å². The van der Waals surface area contributed by atoms with Crippen LogP contribution in [0.25, 0.3) is 0 Å². The first-order valence-corrected chi connectivity index (χ1v) is 12.9. The molecular formula is C30H50O2. The minimum atomic E-state index is -0.314. The number of hydrogen-bond donors (Lipinski definition) is 0. The summed E-state index contributed by atoms with van der Waals surface area (Å²) in [5, 5.41) is 0. The van der Waals surface area contributed by atoms with Gasteiger partial charge in [0.1, 0.15) is 0 Å². The van der Waals surface area contributed by atoms with Crippen molar-refractivity contribution in [1.82, 2.24) is 0 Å². The Bertz CT molecular complexity index is 684. The monoisotopic (exact) mass is 442 g/mol. The van der Waals surface area contributed by atoms with Crippen LogP contribution in [0.3, 0.4) is 0 Å². The molecule has 0 heterocycles. The number of allylic oxidation sites excluding steroid dienone is 7. The SMILES string of the molecule is CC(C)=CCC/C(C)=C/C(OC(C)(C)[C@@H]1CC=C(C)CC1)OC(C)(C)[C@@H]1CC=C(C)CC1. The Labute approximate surface area is 199 Å². The maximum atomic E-state index is 6.80. The Morgan fingerprint density at radius 1 is 0.906 bits per heavy atom. The number of hydrogen-bond acceptors (Lipinski definition) is 2. The van der Waals surface area contributed by atoms with Crippen molar-refractivity contribution in [2.45, 2.75) is 131 Å². The third kappa shape index (κ3) is 8.67. The molecule has 0 saturated heterocycles. The molecule has 2 aliphatic rings. The minimum Gasteiger partial charge on any atom is -0.343 e. The molecule has 0 aliphatic heterocycles. The fourth-order valence-corrected chi connectivity index (χ4v) is 4.98. The van der Waals surface area contributed by atoms with Crippen molar-refractivity contribution in [3.05, 3.63) is 46.6 Å². The van der Waals surface area contributed by atoms with Crippen LogP contribution in [0.2, 0.25) is 0 Å². The van der Waals surface area contributed by atoms with Gasteiger partial charge in [-0.15, -0.1) is 0 Å². The summed E-state index contributed by atoms with van der Waals surface area (Å²) in [6.45, 7) is 20.1. The third-order valence-electron chi connectivity index (χ3n) is 7.59. The van der Waals surface area contributed by atoms with Gasteiger partial charge in [-0.05, 0) is 132 Å². The first-order chi connectivity index (χ1) is 14.9. The molecule has 0 spiro atoms. The fourth-order valence-electron chi connectivity index (χ4n) is 4.98. The molecule has 2 atom stereocenters. The molecule has 0 fully saturated rings. The van der Waals surface area contributed by atoms with Crippen LogP contribution in [-0.2, 0) is 9.47 Å². The van der Waals surface area contributed by atoms with Crippen LogP contribution >= 0.6 is 0 Å². The lowest BCUT2D eigenvalue weighted by Crippen LogP contribution is -2.44. The molecule has 0 aromatic rings. The summed E-state index contributed by atoms with van der Waals surface area (Å²) in [6, 6.07) is 0. The topological polar surface area (TPSA) is 18.5 Å². The van der Waals surface area contributed by atoms with Crippen molar-refractivity contribution >= 4 is 0 Å². The summed E-state index contributed by atoms with van der Waals surface area (Å²) in [6.07, 6.45) is 18.1. The summed E-state index contributed by atoms with van der Waals surface area (Å²) in [7, 11) is 0. The summed E-state index contributed by atoms with van der Waals surface area (Å²) < 4.78 is 13.6. The highest BCUT2D eigenvalue weighted by atomic mass is 16.7. The maximum absolute atomic E-state index is 6.80. The Morgan fingerprint density at radius 2 is 1.38 bits per heavy atom. The first-order valence-electron chi connectivity index (χ1n) is 12.9. The molecule has 182 valence electrons. The molecule has 0 amide bonds. The Kier molecular flexibility index (Phi) is 10.0. The summed E-state index contributed by atoms with van der Waals surface area (Å²) in [5.41, 5.74) is 5.31. The lowest BCUT2D eigenvalue weighted by molar-refractivity contribution is -0.243. The van der Waals surface area contributed by atoms with E-state index in [9.17, 15) is 0 Å². The second kappa shape index (κ2) is 11.8. The van der Waals surface area contributed by atoms with Crippen LogP contribution < -0.4 is 0 Å². The van der Waals surface area contributed by atoms with Gasteiger partial charge in [-0.2, -0.15) is 0 Å². The van der Waals surface area contributed by atoms with E-state index in [2.05, 4.69) is 86.6 Å². The van der Waals surface area contributed by atoms with Crippen LogP contribution in [0.1, 0.15) is 114 Å². The molecule has 0 aromatic heterocycles. The number of rotatable bonds is 10. The predicted molar refractivity (Wildman–Crippen MR) is 139 cm³/mol.